The molecule has 0 bridgehead atoms. The summed E-state index contributed by atoms with van der Waals surface area (Å²) in [5.41, 5.74) is 3.53. The molecule has 6 nitrogen and oxygen atoms in total. The number of amides is 1. The summed E-state index contributed by atoms with van der Waals surface area (Å²) < 4.78 is 0. The van der Waals surface area contributed by atoms with Crippen molar-refractivity contribution in [2.75, 3.05) is 31.1 Å². The number of pyridine rings is 1. The molecule has 26 heavy (non-hydrogen) atoms. The van der Waals surface area contributed by atoms with E-state index in [1.54, 1.807) is 6.20 Å². The van der Waals surface area contributed by atoms with E-state index in [0.29, 0.717) is 18.8 Å². The first kappa shape index (κ1) is 16.3. The smallest absolute Gasteiger partial charge is 0.272 e. The van der Waals surface area contributed by atoms with Gasteiger partial charge in [0, 0.05) is 37.9 Å². The molecule has 0 saturated carbocycles. The highest BCUT2D eigenvalue weighted by Gasteiger charge is 2.24. The minimum atomic E-state index is -0.00321. The van der Waals surface area contributed by atoms with Crippen LogP contribution in [-0.2, 0) is 0 Å². The second-order valence-electron chi connectivity index (χ2n) is 6.50. The fourth-order valence-electron chi connectivity index (χ4n) is 3.15. The van der Waals surface area contributed by atoms with Gasteiger partial charge < -0.3 is 9.80 Å². The van der Waals surface area contributed by atoms with Gasteiger partial charge in [0.05, 0.1) is 5.69 Å². The van der Waals surface area contributed by atoms with Crippen LogP contribution in [0, 0.1) is 6.92 Å². The molecule has 2 aromatic heterocycles. The van der Waals surface area contributed by atoms with Crippen LogP contribution >= 0.6 is 0 Å². The fraction of sp³-hybridized carbons (Fsp3) is 0.250. The van der Waals surface area contributed by atoms with Gasteiger partial charge in [-0.1, -0.05) is 35.9 Å². The van der Waals surface area contributed by atoms with E-state index in [2.05, 4.69) is 20.1 Å². The maximum atomic E-state index is 12.8. The Balaban J connectivity index is 1.42. The normalized spacial score (nSPS) is 14.5. The Morgan fingerprint density at radius 3 is 2.50 bits per heavy atom. The molecule has 0 aliphatic carbocycles. The fourth-order valence-corrected chi connectivity index (χ4v) is 3.15. The van der Waals surface area contributed by atoms with Gasteiger partial charge in [-0.05, 0) is 25.1 Å². The molecule has 0 atom stereocenters. The SMILES string of the molecule is Cc1ccc(-c2cc(C(=O)N3CCN(c4ccccn4)CC3)[nH]n2)cc1. The highest BCUT2D eigenvalue weighted by atomic mass is 16.2. The number of anilines is 1. The number of aryl methyl sites for hydroxylation is 1. The second kappa shape index (κ2) is 7.00. The van der Waals surface area contributed by atoms with Crippen molar-refractivity contribution in [3.63, 3.8) is 0 Å². The number of hydrogen-bond acceptors (Lipinski definition) is 4. The summed E-state index contributed by atoms with van der Waals surface area (Å²) in [4.78, 5) is 21.2. The van der Waals surface area contributed by atoms with E-state index >= 15 is 0 Å². The van der Waals surface area contributed by atoms with Crippen LogP contribution in [-0.4, -0.2) is 52.2 Å². The molecule has 1 saturated heterocycles. The number of nitrogens with zero attached hydrogens (tertiary/aromatic N) is 4. The molecule has 0 unspecified atom stereocenters. The first-order chi connectivity index (χ1) is 12.7. The van der Waals surface area contributed by atoms with Crippen molar-refractivity contribution in [3.05, 3.63) is 66.0 Å². The Kier molecular flexibility index (Phi) is 4.39. The van der Waals surface area contributed by atoms with Crippen LogP contribution in [0.3, 0.4) is 0 Å². The summed E-state index contributed by atoms with van der Waals surface area (Å²) in [6, 6.07) is 15.9. The largest absolute Gasteiger partial charge is 0.353 e. The number of carbonyl (C=O) groups is 1. The van der Waals surface area contributed by atoms with E-state index in [9.17, 15) is 4.79 Å². The van der Waals surface area contributed by atoms with Gasteiger partial charge in [0.15, 0.2) is 0 Å². The highest BCUT2D eigenvalue weighted by molar-refractivity contribution is 5.93. The zero-order valence-electron chi connectivity index (χ0n) is 14.7. The first-order valence-electron chi connectivity index (χ1n) is 8.78. The van der Waals surface area contributed by atoms with Gasteiger partial charge in [-0.25, -0.2) is 4.98 Å². The van der Waals surface area contributed by atoms with E-state index in [1.165, 1.54) is 5.56 Å². The number of rotatable bonds is 3. The molecule has 0 radical (unpaired) electrons. The van der Waals surface area contributed by atoms with E-state index in [1.807, 2.05) is 60.4 Å². The molecule has 6 heteroatoms. The van der Waals surface area contributed by atoms with Gasteiger partial charge in [-0.2, -0.15) is 5.10 Å². The molecule has 1 aromatic carbocycles. The summed E-state index contributed by atoms with van der Waals surface area (Å²) in [7, 11) is 0. The lowest BCUT2D eigenvalue weighted by Crippen LogP contribution is -2.49. The Morgan fingerprint density at radius 2 is 1.81 bits per heavy atom. The Morgan fingerprint density at radius 1 is 1.04 bits per heavy atom. The molecule has 1 aliphatic rings. The number of benzene rings is 1. The number of piperazine rings is 1. The van der Waals surface area contributed by atoms with Crippen LogP contribution in [0.4, 0.5) is 5.82 Å². The standard InChI is InChI=1S/C20H21N5O/c1-15-5-7-16(8-6-15)17-14-18(23-22-17)20(26)25-12-10-24(11-13-25)19-4-2-3-9-21-19/h2-9,14H,10-13H2,1H3,(H,22,23). The molecule has 1 aliphatic heterocycles. The summed E-state index contributed by atoms with van der Waals surface area (Å²) in [6.45, 7) is 4.96. The van der Waals surface area contributed by atoms with Crippen molar-refractivity contribution in [2.24, 2.45) is 0 Å². The van der Waals surface area contributed by atoms with Crippen molar-refractivity contribution in [3.8, 4) is 11.3 Å². The number of hydrogen-bond donors (Lipinski definition) is 1. The minimum Gasteiger partial charge on any atom is -0.353 e. The van der Waals surface area contributed by atoms with Gasteiger partial charge in [0.25, 0.3) is 5.91 Å². The Bertz CT molecular complexity index is 880. The predicted molar refractivity (Wildman–Crippen MR) is 101 cm³/mol. The molecule has 1 amide bonds. The van der Waals surface area contributed by atoms with Crippen LogP contribution in [0.5, 0.6) is 0 Å². The summed E-state index contributed by atoms with van der Waals surface area (Å²) in [5, 5.41) is 7.19. The third-order valence-electron chi connectivity index (χ3n) is 4.70. The third kappa shape index (κ3) is 3.31. The zero-order chi connectivity index (χ0) is 17.9. The number of nitrogens with one attached hydrogen (secondary N) is 1. The van der Waals surface area contributed by atoms with Crippen molar-refractivity contribution in [2.45, 2.75) is 6.92 Å². The molecule has 1 N–H and O–H groups in total. The molecule has 3 heterocycles. The monoisotopic (exact) mass is 347 g/mol. The molecule has 4 rings (SSSR count). The maximum absolute atomic E-state index is 12.8. The first-order valence-corrected chi connectivity index (χ1v) is 8.78. The number of carbonyl (C=O) groups excluding carboxylic acids is 1. The summed E-state index contributed by atoms with van der Waals surface area (Å²) in [6.07, 6.45) is 1.80. The predicted octanol–water partition coefficient (Wildman–Crippen LogP) is 2.74. The van der Waals surface area contributed by atoms with E-state index in [0.717, 1.165) is 30.2 Å². The van der Waals surface area contributed by atoms with Crippen LogP contribution in [0.25, 0.3) is 11.3 Å². The van der Waals surface area contributed by atoms with E-state index in [4.69, 9.17) is 0 Å². The molecule has 132 valence electrons. The topological polar surface area (TPSA) is 65.1 Å². The summed E-state index contributed by atoms with van der Waals surface area (Å²) >= 11 is 0. The number of H-pyrrole nitrogens is 1. The quantitative estimate of drug-likeness (QED) is 0.791. The highest BCUT2D eigenvalue weighted by Crippen LogP contribution is 2.20. The average Bonchev–Trinajstić information content (AvgIpc) is 3.19. The van der Waals surface area contributed by atoms with Gasteiger partial charge in [-0.15, -0.1) is 0 Å². The Labute approximate surface area is 152 Å². The molecule has 1 fully saturated rings. The molecular formula is C20H21N5O. The van der Waals surface area contributed by atoms with E-state index in [-0.39, 0.29) is 5.91 Å². The Hall–Kier alpha value is -3.15. The van der Waals surface area contributed by atoms with Crippen molar-refractivity contribution in [1.82, 2.24) is 20.1 Å². The van der Waals surface area contributed by atoms with Gasteiger partial charge in [-0.3, -0.25) is 9.89 Å². The van der Waals surface area contributed by atoms with Crippen LogP contribution in [0.15, 0.2) is 54.7 Å². The lowest BCUT2D eigenvalue weighted by atomic mass is 10.1. The number of aromatic amines is 1. The van der Waals surface area contributed by atoms with Gasteiger partial charge >= 0.3 is 0 Å². The lowest BCUT2D eigenvalue weighted by molar-refractivity contribution is 0.0740. The van der Waals surface area contributed by atoms with Gasteiger partial charge in [0.2, 0.25) is 0 Å². The zero-order valence-corrected chi connectivity index (χ0v) is 14.7. The molecular weight excluding hydrogens is 326 g/mol. The van der Waals surface area contributed by atoms with Crippen LogP contribution < -0.4 is 4.90 Å². The maximum Gasteiger partial charge on any atom is 0.272 e. The van der Waals surface area contributed by atoms with E-state index < -0.39 is 0 Å². The van der Waals surface area contributed by atoms with Gasteiger partial charge in [0.1, 0.15) is 11.5 Å². The number of aromatic nitrogens is 3. The average molecular weight is 347 g/mol. The molecule has 3 aromatic rings. The summed E-state index contributed by atoms with van der Waals surface area (Å²) in [5.74, 6) is 0.958. The third-order valence-corrected chi connectivity index (χ3v) is 4.70. The lowest BCUT2D eigenvalue weighted by Gasteiger charge is -2.35. The van der Waals surface area contributed by atoms with Crippen molar-refractivity contribution >= 4 is 11.7 Å². The second-order valence-corrected chi connectivity index (χ2v) is 6.50. The van der Waals surface area contributed by atoms with Crippen LogP contribution in [0.2, 0.25) is 0 Å². The van der Waals surface area contributed by atoms with Crippen molar-refractivity contribution < 1.29 is 4.79 Å². The molecule has 0 spiro atoms. The minimum absolute atomic E-state index is 0.00321. The van der Waals surface area contributed by atoms with Crippen LogP contribution in [0.1, 0.15) is 16.1 Å². The van der Waals surface area contributed by atoms with Crippen molar-refractivity contribution in [1.29, 1.82) is 0 Å².